The van der Waals surface area contributed by atoms with Crippen LogP contribution in [0.5, 0.6) is 0 Å². The fraction of sp³-hybridized carbons (Fsp3) is 0.312. The molecule has 116 valence electrons. The second kappa shape index (κ2) is 6.43. The van der Waals surface area contributed by atoms with Crippen LogP contribution in [0.3, 0.4) is 0 Å². The summed E-state index contributed by atoms with van der Waals surface area (Å²) in [6.07, 6.45) is 0.587. The van der Waals surface area contributed by atoms with E-state index in [0.717, 1.165) is 0 Å². The first-order valence-corrected chi connectivity index (χ1v) is 7.00. The van der Waals surface area contributed by atoms with Gasteiger partial charge in [-0.15, -0.1) is 0 Å². The summed E-state index contributed by atoms with van der Waals surface area (Å²) in [7, 11) is 0. The molecule has 2 atom stereocenters. The van der Waals surface area contributed by atoms with Crippen LogP contribution in [0.25, 0.3) is 11.0 Å². The summed E-state index contributed by atoms with van der Waals surface area (Å²) in [5.41, 5.74) is -0.612. The third kappa shape index (κ3) is 3.16. The van der Waals surface area contributed by atoms with Gasteiger partial charge < -0.3 is 14.8 Å². The number of rotatable bonds is 5. The standard InChI is InChI=1S/C16H17NO5/c1-3-9(2)13(15(19)20)17-14(18)11-8-10-6-4-5-7-12(10)22-16(11)21/h4-9,13H,3H2,1-2H3,(H,17,18)(H,19,20). The average Bonchev–Trinajstić information content (AvgIpc) is 2.50. The first-order chi connectivity index (χ1) is 10.4. The van der Waals surface area contributed by atoms with Crippen molar-refractivity contribution in [2.75, 3.05) is 0 Å². The minimum Gasteiger partial charge on any atom is -0.480 e. The van der Waals surface area contributed by atoms with Gasteiger partial charge in [0.25, 0.3) is 5.91 Å². The quantitative estimate of drug-likeness (QED) is 0.824. The number of hydrogen-bond donors (Lipinski definition) is 2. The smallest absolute Gasteiger partial charge is 0.349 e. The van der Waals surface area contributed by atoms with Crippen LogP contribution in [0.2, 0.25) is 0 Å². The Morgan fingerprint density at radius 1 is 1.32 bits per heavy atom. The van der Waals surface area contributed by atoms with E-state index in [4.69, 9.17) is 4.42 Å². The lowest BCUT2D eigenvalue weighted by Gasteiger charge is -2.19. The first kappa shape index (κ1) is 15.8. The summed E-state index contributed by atoms with van der Waals surface area (Å²) in [5, 5.41) is 12.2. The zero-order valence-electron chi connectivity index (χ0n) is 12.3. The maximum atomic E-state index is 12.2. The van der Waals surface area contributed by atoms with Crippen LogP contribution in [-0.4, -0.2) is 23.0 Å². The van der Waals surface area contributed by atoms with Gasteiger partial charge in [0.05, 0.1) is 0 Å². The number of carbonyl (C=O) groups excluding carboxylic acids is 1. The Morgan fingerprint density at radius 3 is 2.64 bits per heavy atom. The van der Waals surface area contributed by atoms with E-state index >= 15 is 0 Å². The van der Waals surface area contributed by atoms with Crippen molar-refractivity contribution >= 4 is 22.8 Å². The molecule has 2 unspecified atom stereocenters. The minimum absolute atomic E-state index is 0.201. The highest BCUT2D eigenvalue weighted by atomic mass is 16.4. The second-order valence-corrected chi connectivity index (χ2v) is 5.16. The van der Waals surface area contributed by atoms with E-state index in [9.17, 15) is 19.5 Å². The largest absolute Gasteiger partial charge is 0.480 e. The maximum Gasteiger partial charge on any atom is 0.349 e. The molecule has 2 N–H and O–H groups in total. The average molecular weight is 303 g/mol. The molecule has 0 fully saturated rings. The summed E-state index contributed by atoms with van der Waals surface area (Å²) in [6.45, 7) is 3.55. The van der Waals surface area contributed by atoms with Crippen molar-refractivity contribution in [3.05, 3.63) is 46.3 Å². The maximum absolute atomic E-state index is 12.2. The highest BCUT2D eigenvalue weighted by Gasteiger charge is 2.27. The Morgan fingerprint density at radius 2 is 2.00 bits per heavy atom. The van der Waals surface area contributed by atoms with E-state index in [0.29, 0.717) is 17.4 Å². The Kier molecular flexibility index (Phi) is 4.60. The Hall–Kier alpha value is -2.63. The minimum atomic E-state index is -1.13. The number of nitrogens with one attached hydrogen (secondary N) is 1. The molecule has 1 amide bonds. The number of hydrogen-bond acceptors (Lipinski definition) is 4. The Labute approximate surface area is 126 Å². The molecule has 1 aromatic heterocycles. The molecule has 0 aliphatic carbocycles. The van der Waals surface area contributed by atoms with Crippen molar-refractivity contribution in [3.8, 4) is 0 Å². The molecule has 2 aromatic rings. The molecular formula is C16H17NO5. The van der Waals surface area contributed by atoms with Crippen LogP contribution < -0.4 is 10.9 Å². The third-order valence-electron chi connectivity index (χ3n) is 3.65. The third-order valence-corrected chi connectivity index (χ3v) is 3.65. The number of amides is 1. The van der Waals surface area contributed by atoms with Crippen molar-refractivity contribution in [2.45, 2.75) is 26.3 Å². The zero-order valence-corrected chi connectivity index (χ0v) is 12.3. The van der Waals surface area contributed by atoms with Crippen LogP contribution in [0, 0.1) is 5.92 Å². The fourth-order valence-electron chi connectivity index (χ4n) is 2.12. The lowest BCUT2D eigenvalue weighted by Crippen LogP contribution is -2.46. The van der Waals surface area contributed by atoms with Gasteiger partial charge in [-0.25, -0.2) is 9.59 Å². The summed E-state index contributed by atoms with van der Waals surface area (Å²) in [5.74, 6) is -2.13. The normalized spacial score (nSPS) is 13.5. The summed E-state index contributed by atoms with van der Waals surface area (Å²) < 4.78 is 5.08. The summed E-state index contributed by atoms with van der Waals surface area (Å²) in [6, 6.07) is 7.16. The van der Waals surface area contributed by atoms with Crippen molar-refractivity contribution in [1.29, 1.82) is 0 Å². The van der Waals surface area contributed by atoms with Gasteiger partial charge in [-0.2, -0.15) is 0 Å². The molecule has 6 heteroatoms. The van der Waals surface area contributed by atoms with Gasteiger partial charge >= 0.3 is 11.6 Å². The lowest BCUT2D eigenvalue weighted by molar-refractivity contribution is -0.140. The van der Waals surface area contributed by atoms with Crippen LogP contribution in [-0.2, 0) is 4.79 Å². The summed E-state index contributed by atoms with van der Waals surface area (Å²) in [4.78, 5) is 35.3. The molecule has 0 aliphatic rings. The van der Waals surface area contributed by atoms with Crippen molar-refractivity contribution in [1.82, 2.24) is 5.32 Å². The van der Waals surface area contributed by atoms with Gasteiger partial charge in [0, 0.05) is 5.39 Å². The van der Waals surface area contributed by atoms with Gasteiger partial charge in [0.1, 0.15) is 17.2 Å². The highest BCUT2D eigenvalue weighted by Crippen LogP contribution is 2.13. The predicted octanol–water partition coefficient (Wildman–Crippen LogP) is 2.02. The molecule has 0 bridgehead atoms. The van der Waals surface area contributed by atoms with Crippen molar-refractivity contribution in [2.24, 2.45) is 5.92 Å². The second-order valence-electron chi connectivity index (χ2n) is 5.16. The number of carboxylic acid groups (broad SMARTS) is 1. The van der Waals surface area contributed by atoms with E-state index < -0.39 is 23.5 Å². The van der Waals surface area contributed by atoms with E-state index in [1.54, 1.807) is 31.2 Å². The first-order valence-electron chi connectivity index (χ1n) is 7.00. The van der Waals surface area contributed by atoms with Crippen LogP contribution in [0.4, 0.5) is 0 Å². The molecule has 1 aromatic carbocycles. The molecule has 0 aliphatic heterocycles. The number of fused-ring (bicyclic) bond motifs is 1. The van der Waals surface area contributed by atoms with Crippen molar-refractivity contribution < 1.29 is 19.1 Å². The molecule has 0 spiro atoms. The van der Waals surface area contributed by atoms with Gasteiger partial charge in [-0.1, -0.05) is 38.5 Å². The molecule has 6 nitrogen and oxygen atoms in total. The molecular weight excluding hydrogens is 286 g/mol. The number of carbonyl (C=O) groups is 2. The zero-order chi connectivity index (χ0) is 16.3. The molecule has 1 heterocycles. The summed E-state index contributed by atoms with van der Waals surface area (Å²) >= 11 is 0. The van der Waals surface area contributed by atoms with E-state index in [1.807, 2.05) is 6.92 Å². The monoisotopic (exact) mass is 303 g/mol. The van der Waals surface area contributed by atoms with Gasteiger partial charge in [-0.05, 0) is 18.1 Å². The van der Waals surface area contributed by atoms with E-state index in [2.05, 4.69) is 5.32 Å². The molecule has 0 saturated carbocycles. The predicted molar refractivity (Wildman–Crippen MR) is 80.8 cm³/mol. The van der Waals surface area contributed by atoms with Crippen LogP contribution in [0.1, 0.15) is 30.6 Å². The number of benzene rings is 1. The molecule has 0 radical (unpaired) electrons. The fourth-order valence-corrected chi connectivity index (χ4v) is 2.12. The molecule has 2 rings (SSSR count). The highest BCUT2D eigenvalue weighted by molar-refractivity contribution is 5.98. The van der Waals surface area contributed by atoms with E-state index in [1.165, 1.54) is 6.07 Å². The van der Waals surface area contributed by atoms with Crippen molar-refractivity contribution in [3.63, 3.8) is 0 Å². The van der Waals surface area contributed by atoms with Crippen LogP contribution in [0.15, 0.2) is 39.5 Å². The molecule has 22 heavy (non-hydrogen) atoms. The Balaban J connectivity index is 2.34. The van der Waals surface area contributed by atoms with E-state index in [-0.39, 0.29) is 11.5 Å². The Bertz CT molecular complexity index is 764. The van der Waals surface area contributed by atoms with Gasteiger partial charge in [0.2, 0.25) is 0 Å². The number of para-hydroxylation sites is 1. The van der Waals surface area contributed by atoms with Crippen LogP contribution >= 0.6 is 0 Å². The molecule has 0 saturated heterocycles. The lowest BCUT2D eigenvalue weighted by atomic mass is 9.99. The van der Waals surface area contributed by atoms with Gasteiger partial charge in [0.15, 0.2) is 0 Å². The number of carboxylic acids is 1. The SMILES string of the molecule is CCC(C)C(NC(=O)c1cc2ccccc2oc1=O)C(=O)O. The number of aliphatic carboxylic acids is 1. The topological polar surface area (TPSA) is 96.6 Å². The van der Waals surface area contributed by atoms with Gasteiger partial charge in [-0.3, -0.25) is 4.79 Å².